The van der Waals surface area contributed by atoms with Gasteiger partial charge in [-0.05, 0) is 31.2 Å². The van der Waals surface area contributed by atoms with Gasteiger partial charge in [0.15, 0.2) is 5.69 Å². The molecule has 0 aliphatic heterocycles. The largest absolute Gasteiger partial charge is 0.339 e. The molecule has 0 fully saturated rings. The summed E-state index contributed by atoms with van der Waals surface area (Å²) in [7, 11) is 0. The summed E-state index contributed by atoms with van der Waals surface area (Å²) in [5, 5.41) is 0. The molecule has 0 saturated carbocycles. The van der Waals surface area contributed by atoms with Crippen molar-refractivity contribution >= 4 is 22.5 Å². The number of nitrogens with zero attached hydrogens (tertiary/aromatic N) is 4. The number of fused-ring (bicyclic) bond motifs is 1. The van der Waals surface area contributed by atoms with Crippen LogP contribution in [-0.2, 0) is 6.54 Å². The third-order valence-electron chi connectivity index (χ3n) is 4.41. The molecule has 0 aliphatic rings. The Hall–Kier alpha value is -3.78. The Balaban J connectivity index is 1.65. The van der Waals surface area contributed by atoms with Crippen LogP contribution in [0.25, 0.3) is 15.9 Å². The third kappa shape index (κ3) is 3.33. The maximum atomic E-state index is 12.8. The molecule has 5 nitrogen and oxygen atoms in total. The molecular weight excluding hydrogens is 336 g/mol. The summed E-state index contributed by atoms with van der Waals surface area (Å²) < 4.78 is 1.87. The molecule has 130 valence electrons. The second kappa shape index (κ2) is 6.85. The summed E-state index contributed by atoms with van der Waals surface area (Å²) in [4.78, 5) is 25.3. The van der Waals surface area contributed by atoms with Gasteiger partial charge < -0.3 is 4.57 Å². The first-order valence-corrected chi connectivity index (χ1v) is 8.54. The van der Waals surface area contributed by atoms with Crippen molar-refractivity contribution in [2.45, 2.75) is 13.5 Å². The molecule has 0 aliphatic carbocycles. The van der Waals surface area contributed by atoms with Crippen LogP contribution >= 0.6 is 0 Å². The monoisotopic (exact) mass is 352 g/mol. The summed E-state index contributed by atoms with van der Waals surface area (Å²) in [5.74, 6) is -0.0240. The normalized spacial score (nSPS) is 10.7. The Morgan fingerprint density at radius 1 is 1.11 bits per heavy atom. The third-order valence-corrected chi connectivity index (χ3v) is 4.41. The number of hydrogen-bond donors (Lipinski definition) is 0. The number of aryl methyl sites for hydroxylation is 1. The number of rotatable bonds is 4. The maximum absolute atomic E-state index is 12.8. The summed E-state index contributed by atoms with van der Waals surface area (Å²) in [6, 6.07) is 16.5. The van der Waals surface area contributed by atoms with Crippen LogP contribution in [0, 0.1) is 13.5 Å². The molecule has 2 heterocycles. The number of ketones is 1. The molecule has 4 aromatic rings. The Bertz CT molecular complexity index is 1180. The van der Waals surface area contributed by atoms with Gasteiger partial charge in [-0.1, -0.05) is 35.9 Å². The van der Waals surface area contributed by atoms with Crippen LogP contribution in [0.2, 0.25) is 0 Å². The van der Waals surface area contributed by atoms with E-state index in [2.05, 4.69) is 14.8 Å². The van der Waals surface area contributed by atoms with Gasteiger partial charge in [-0.2, -0.15) is 0 Å². The van der Waals surface area contributed by atoms with Crippen LogP contribution < -0.4 is 0 Å². The van der Waals surface area contributed by atoms with Gasteiger partial charge in [0, 0.05) is 11.8 Å². The lowest BCUT2D eigenvalue weighted by molar-refractivity contribution is 0.103. The summed E-state index contributed by atoms with van der Waals surface area (Å²) in [6.07, 6.45) is 3.57. The molecule has 0 bridgehead atoms. The molecule has 0 amide bonds. The molecule has 2 aromatic heterocycles. The fourth-order valence-corrected chi connectivity index (χ4v) is 2.97. The molecular formula is C22H16N4O. The number of carbonyl (C=O) groups is 1. The summed E-state index contributed by atoms with van der Waals surface area (Å²) in [6.45, 7) is 9.57. The van der Waals surface area contributed by atoms with E-state index in [1.165, 1.54) is 0 Å². The summed E-state index contributed by atoms with van der Waals surface area (Å²) >= 11 is 0. The highest BCUT2D eigenvalue weighted by Gasteiger charge is 2.14. The molecule has 27 heavy (non-hydrogen) atoms. The van der Waals surface area contributed by atoms with Gasteiger partial charge >= 0.3 is 0 Å². The van der Waals surface area contributed by atoms with Gasteiger partial charge in [-0.25, -0.2) is 9.83 Å². The first-order valence-electron chi connectivity index (χ1n) is 8.54. The van der Waals surface area contributed by atoms with Crippen LogP contribution in [0.4, 0.5) is 5.69 Å². The smallest absolute Gasteiger partial charge is 0.209 e. The number of aromatic nitrogens is 3. The minimum Gasteiger partial charge on any atom is -0.339 e. The lowest BCUT2D eigenvalue weighted by Crippen LogP contribution is -2.11. The van der Waals surface area contributed by atoms with Crippen molar-refractivity contribution in [2.75, 3.05) is 0 Å². The SMILES string of the molecule is [C-]#[N+]c1ccc2ncc(Cn3cccc3C(=O)c3ccc(C)cc3)nc2c1. The van der Waals surface area contributed by atoms with E-state index in [0.717, 1.165) is 16.8 Å². The highest BCUT2D eigenvalue weighted by atomic mass is 16.1. The standard InChI is InChI=1S/C22H16N4O/c1-15-5-7-16(8-6-15)22(27)21-4-3-11-26(21)14-18-13-24-19-10-9-17(23-2)12-20(19)25-18/h3-13H,14H2,1H3. The molecule has 0 saturated heterocycles. The second-order valence-corrected chi connectivity index (χ2v) is 6.36. The molecule has 0 atom stereocenters. The van der Waals surface area contributed by atoms with Crippen LogP contribution in [0.15, 0.2) is 67.0 Å². The zero-order valence-corrected chi connectivity index (χ0v) is 14.8. The van der Waals surface area contributed by atoms with Gasteiger partial charge in [0.25, 0.3) is 0 Å². The van der Waals surface area contributed by atoms with E-state index in [0.29, 0.717) is 29.0 Å². The van der Waals surface area contributed by atoms with Crippen molar-refractivity contribution in [2.24, 2.45) is 0 Å². The topological polar surface area (TPSA) is 52.1 Å². The van der Waals surface area contributed by atoms with Crippen LogP contribution in [-0.4, -0.2) is 20.3 Å². The lowest BCUT2D eigenvalue weighted by atomic mass is 10.1. The first kappa shape index (κ1) is 16.7. The van der Waals surface area contributed by atoms with E-state index in [-0.39, 0.29) is 5.78 Å². The molecule has 0 radical (unpaired) electrons. The van der Waals surface area contributed by atoms with Crippen molar-refractivity contribution in [1.82, 2.24) is 14.5 Å². The molecule has 5 heteroatoms. The highest BCUT2D eigenvalue weighted by molar-refractivity contribution is 6.08. The van der Waals surface area contributed by atoms with Gasteiger partial charge in [0.05, 0.1) is 41.7 Å². The van der Waals surface area contributed by atoms with Crippen molar-refractivity contribution in [1.29, 1.82) is 0 Å². The van der Waals surface area contributed by atoms with Crippen LogP contribution in [0.3, 0.4) is 0 Å². The summed E-state index contributed by atoms with van der Waals surface area (Å²) in [5.41, 5.74) is 5.08. The lowest BCUT2D eigenvalue weighted by Gasteiger charge is -2.09. The highest BCUT2D eigenvalue weighted by Crippen LogP contribution is 2.19. The van der Waals surface area contributed by atoms with Crippen LogP contribution in [0.1, 0.15) is 27.3 Å². The van der Waals surface area contributed by atoms with Crippen molar-refractivity contribution < 1.29 is 4.79 Å². The number of benzene rings is 2. The molecule has 0 N–H and O–H groups in total. The Labute approximate surface area is 156 Å². The van der Waals surface area contributed by atoms with E-state index in [1.807, 2.05) is 54.1 Å². The average Bonchev–Trinajstić information content (AvgIpc) is 3.15. The predicted octanol–water partition coefficient (Wildman–Crippen LogP) is 4.57. The van der Waals surface area contributed by atoms with Crippen molar-refractivity contribution in [3.05, 3.63) is 101 Å². The van der Waals surface area contributed by atoms with E-state index in [1.54, 1.807) is 24.4 Å². The quantitative estimate of drug-likeness (QED) is 0.399. The van der Waals surface area contributed by atoms with E-state index >= 15 is 0 Å². The van der Waals surface area contributed by atoms with Crippen molar-refractivity contribution in [3.8, 4) is 0 Å². The van der Waals surface area contributed by atoms with E-state index in [4.69, 9.17) is 6.57 Å². The van der Waals surface area contributed by atoms with Crippen molar-refractivity contribution in [3.63, 3.8) is 0 Å². The van der Waals surface area contributed by atoms with Gasteiger partial charge in [-0.15, -0.1) is 0 Å². The maximum Gasteiger partial charge on any atom is 0.209 e. The fraction of sp³-hybridized carbons (Fsp3) is 0.0909. The molecule has 2 aromatic carbocycles. The van der Waals surface area contributed by atoms with Crippen LogP contribution in [0.5, 0.6) is 0 Å². The molecule has 4 rings (SSSR count). The minimum atomic E-state index is -0.0240. The second-order valence-electron chi connectivity index (χ2n) is 6.36. The van der Waals surface area contributed by atoms with E-state index < -0.39 is 0 Å². The van der Waals surface area contributed by atoms with Gasteiger partial charge in [-0.3, -0.25) is 9.78 Å². The minimum absolute atomic E-state index is 0.0240. The van der Waals surface area contributed by atoms with Gasteiger partial charge in [0.1, 0.15) is 0 Å². The molecule has 0 spiro atoms. The predicted molar refractivity (Wildman–Crippen MR) is 104 cm³/mol. The van der Waals surface area contributed by atoms with E-state index in [9.17, 15) is 4.79 Å². The zero-order valence-electron chi connectivity index (χ0n) is 14.8. The zero-order chi connectivity index (χ0) is 18.8. The fourth-order valence-electron chi connectivity index (χ4n) is 2.97. The first-order chi connectivity index (χ1) is 13.1. The number of carbonyl (C=O) groups excluding carboxylic acids is 1. The Kier molecular flexibility index (Phi) is 4.23. The van der Waals surface area contributed by atoms with Gasteiger partial charge in [0.2, 0.25) is 5.78 Å². The Morgan fingerprint density at radius 3 is 2.70 bits per heavy atom. The Morgan fingerprint density at radius 2 is 1.93 bits per heavy atom. The molecule has 0 unspecified atom stereocenters. The average molecular weight is 352 g/mol. The number of hydrogen-bond acceptors (Lipinski definition) is 3.